The van der Waals surface area contributed by atoms with E-state index in [2.05, 4.69) is 26.3 Å². The van der Waals surface area contributed by atoms with Crippen molar-refractivity contribution in [2.45, 2.75) is 27.7 Å². The zero-order valence-electron chi connectivity index (χ0n) is 14.3. The van der Waals surface area contributed by atoms with Gasteiger partial charge in [-0.3, -0.25) is 0 Å². The van der Waals surface area contributed by atoms with Gasteiger partial charge in [-0.1, -0.05) is 26.3 Å². The minimum Gasteiger partial charge on any atom is -0.478 e. The molecule has 0 spiro atoms. The Balaban J connectivity index is -0.000000111. The van der Waals surface area contributed by atoms with Crippen LogP contribution in [0.1, 0.15) is 27.7 Å². The maximum atomic E-state index is 9.60. The summed E-state index contributed by atoms with van der Waals surface area (Å²) in [6, 6.07) is 0. The number of carboxylic acid groups (broad SMARTS) is 4. The molecule has 0 aliphatic rings. The van der Waals surface area contributed by atoms with Gasteiger partial charge in [0, 0.05) is 22.3 Å². The molecule has 0 aliphatic carbocycles. The zero-order valence-corrected chi connectivity index (χ0v) is 14.3. The number of hydrogen-bond donors (Lipinski definition) is 4. The van der Waals surface area contributed by atoms with Gasteiger partial charge < -0.3 is 20.4 Å². The molecule has 0 atom stereocenters. The topological polar surface area (TPSA) is 149 Å². The van der Waals surface area contributed by atoms with Crippen LogP contribution < -0.4 is 0 Å². The van der Waals surface area contributed by atoms with Gasteiger partial charge in [0.25, 0.3) is 0 Å². The van der Waals surface area contributed by atoms with Crippen molar-refractivity contribution in [3.8, 4) is 0 Å². The molecule has 24 heavy (non-hydrogen) atoms. The van der Waals surface area contributed by atoms with E-state index in [1.807, 2.05) is 0 Å². The largest absolute Gasteiger partial charge is 0.478 e. The third kappa shape index (κ3) is 36.4. The third-order valence-corrected chi connectivity index (χ3v) is 1.46. The molecule has 0 bridgehead atoms. The fraction of sp³-hybridized carbons (Fsp3) is 0.250. The Labute approximate surface area is 140 Å². The number of hydrogen-bond acceptors (Lipinski definition) is 4. The Morgan fingerprint density at radius 1 is 0.458 bits per heavy atom. The lowest BCUT2D eigenvalue weighted by molar-refractivity contribution is -0.133. The van der Waals surface area contributed by atoms with E-state index in [1.165, 1.54) is 27.7 Å². The Hall–Kier alpha value is -3.16. The highest BCUT2D eigenvalue weighted by Crippen LogP contribution is 1.82. The molecule has 4 N–H and O–H groups in total. The summed E-state index contributed by atoms with van der Waals surface area (Å²) in [6.07, 6.45) is 0. The monoisotopic (exact) mass is 344 g/mol. The molecule has 0 saturated heterocycles. The molecule has 8 nitrogen and oxygen atoms in total. The predicted molar refractivity (Wildman–Crippen MR) is 89.8 cm³/mol. The van der Waals surface area contributed by atoms with Crippen LogP contribution in [0.3, 0.4) is 0 Å². The van der Waals surface area contributed by atoms with Crippen LogP contribution in [-0.2, 0) is 19.2 Å². The molecule has 0 aromatic rings. The average Bonchev–Trinajstić information content (AvgIpc) is 2.40. The quantitative estimate of drug-likeness (QED) is 0.568. The average molecular weight is 344 g/mol. The van der Waals surface area contributed by atoms with Crippen LogP contribution in [0.5, 0.6) is 0 Å². The van der Waals surface area contributed by atoms with E-state index >= 15 is 0 Å². The lowest BCUT2D eigenvalue weighted by Gasteiger charge is -1.79. The summed E-state index contributed by atoms with van der Waals surface area (Å²) in [5, 5.41) is 31.6. The van der Waals surface area contributed by atoms with Gasteiger partial charge in [0.2, 0.25) is 0 Å². The second-order valence-corrected chi connectivity index (χ2v) is 4.34. The lowest BCUT2D eigenvalue weighted by atomic mass is 10.4. The van der Waals surface area contributed by atoms with Gasteiger partial charge in [-0.2, -0.15) is 0 Å². The van der Waals surface area contributed by atoms with Gasteiger partial charge >= 0.3 is 23.9 Å². The second-order valence-electron chi connectivity index (χ2n) is 4.34. The van der Waals surface area contributed by atoms with E-state index in [4.69, 9.17) is 20.4 Å². The SMILES string of the molecule is C=C(C)C(=O)O.C=C(C)C(=O)O.C=C(C)C(=O)O.C=C(C)C(=O)O. The number of rotatable bonds is 4. The molecule has 0 heterocycles. The van der Waals surface area contributed by atoms with E-state index < -0.39 is 23.9 Å². The fourth-order valence-electron chi connectivity index (χ4n) is 0. The van der Waals surface area contributed by atoms with Crippen molar-refractivity contribution >= 4 is 23.9 Å². The first kappa shape index (κ1) is 28.9. The molecule has 136 valence electrons. The summed E-state index contributed by atoms with van der Waals surface area (Å²) in [5.74, 6) is -3.74. The van der Waals surface area contributed by atoms with E-state index in [0.29, 0.717) is 0 Å². The van der Waals surface area contributed by atoms with Gasteiger partial charge in [0.1, 0.15) is 0 Å². The van der Waals surface area contributed by atoms with Gasteiger partial charge in [0.05, 0.1) is 0 Å². The normalized spacial score (nSPS) is 7.50. The molecule has 0 fully saturated rings. The summed E-state index contributed by atoms with van der Waals surface area (Å²) in [7, 11) is 0. The van der Waals surface area contributed by atoms with Crippen LogP contribution in [0.25, 0.3) is 0 Å². The number of carbonyl (C=O) groups is 4. The molecule has 0 radical (unpaired) electrons. The first-order valence-corrected chi connectivity index (χ1v) is 6.13. The van der Waals surface area contributed by atoms with E-state index in [1.54, 1.807) is 0 Å². The van der Waals surface area contributed by atoms with E-state index in [0.717, 1.165) is 0 Å². The molecule has 0 unspecified atom stereocenters. The summed E-state index contributed by atoms with van der Waals surface area (Å²) in [6.45, 7) is 18.4. The molecule has 0 aliphatic heterocycles. The predicted octanol–water partition coefficient (Wildman–Crippen LogP) is 2.59. The maximum absolute atomic E-state index is 9.60. The van der Waals surface area contributed by atoms with Crippen molar-refractivity contribution in [1.82, 2.24) is 0 Å². The zero-order chi connectivity index (χ0) is 20.6. The highest BCUT2D eigenvalue weighted by Gasteiger charge is 1.91. The van der Waals surface area contributed by atoms with Crippen LogP contribution in [-0.4, -0.2) is 44.3 Å². The van der Waals surface area contributed by atoms with E-state index in [-0.39, 0.29) is 22.3 Å². The first-order chi connectivity index (χ1) is 10.6. The van der Waals surface area contributed by atoms with Gasteiger partial charge in [-0.25, -0.2) is 19.2 Å². The van der Waals surface area contributed by atoms with Crippen molar-refractivity contribution in [3.63, 3.8) is 0 Å². The van der Waals surface area contributed by atoms with Crippen LogP contribution >= 0.6 is 0 Å². The third-order valence-electron chi connectivity index (χ3n) is 1.46. The van der Waals surface area contributed by atoms with Crippen molar-refractivity contribution in [3.05, 3.63) is 48.6 Å². The molecular weight excluding hydrogens is 320 g/mol. The molecule has 0 saturated carbocycles. The summed E-state index contributed by atoms with van der Waals surface area (Å²) >= 11 is 0. The van der Waals surface area contributed by atoms with Gasteiger partial charge in [-0.05, 0) is 27.7 Å². The Morgan fingerprint density at radius 3 is 0.500 bits per heavy atom. The maximum Gasteiger partial charge on any atom is 0.330 e. The summed E-state index contributed by atoms with van der Waals surface area (Å²) in [4.78, 5) is 38.4. The lowest BCUT2D eigenvalue weighted by Crippen LogP contribution is -1.92. The Morgan fingerprint density at radius 2 is 0.500 bits per heavy atom. The van der Waals surface area contributed by atoms with Crippen molar-refractivity contribution in [1.29, 1.82) is 0 Å². The molecule has 8 heteroatoms. The van der Waals surface area contributed by atoms with Crippen molar-refractivity contribution < 1.29 is 39.6 Å². The smallest absolute Gasteiger partial charge is 0.330 e. The summed E-state index contributed by atoms with van der Waals surface area (Å²) in [5.41, 5.74) is 0.704. The summed E-state index contributed by atoms with van der Waals surface area (Å²) < 4.78 is 0. The standard InChI is InChI=1S/4C4H6O2/c4*1-3(2)4(5)6/h4*1H2,2H3,(H,5,6). The number of carboxylic acids is 4. The molecular formula is C16H24O8. The minimum atomic E-state index is -0.935. The van der Waals surface area contributed by atoms with Crippen LogP contribution in [0, 0.1) is 0 Å². The highest BCUT2D eigenvalue weighted by atomic mass is 16.4. The molecule has 0 aromatic carbocycles. The van der Waals surface area contributed by atoms with E-state index in [9.17, 15) is 19.2 Å². The Kier molecular flexibility index (Phi) is 19.5. The molecule has 0 aromatic heterocycles. The first-order valence-electron chi connectivity index (χ1n) is 6.13. The molecule has 0 amide bonds. The van der Waals surface area contributed by atoms with Crippen molar-refractivity contribution in [2.24, 2.45) is 0 Å². The second kappa shape index (κ2) is 16.2. The minimum absolute atomic E-state index is 0.176. The van der Waals surface area contributed by atoms with Crippen LogP contribution in [0.4, 0.5) is 0 Å². The van der Waals surface area contributed by atoms with Gasteiger partial charge in [-0.15, -0.1) is 0 Å². The van der Waals surface area contributed by atoms with Crippen LogP contribution in [0.2, 0.25) is 0 Å². The van der Waals surface area contributed by atoms with Crippen molar-refractivity contribution in [2.75, 3.05) is 0 Å². The Bertz CT molecular complexity index is 382. The highest BCUT2D eigenvalue weighted by molar-refractivity contribution is 5.85. The number of aliphatic carboxylic acids is 4. The fourth-order valence-corrected chi connectivity index (χ4v) is 0. The van der Waals surface area contributed by atoms with Gasteiger partial charge in [0.15, 0.2) is 0 Å². The molecule has 0 rings (SSSR count). The van der Waals surface area contributed by atoms with Crippen LogP contribution in [0.15, 0.2) is 48.6 Å².